The van der Waals surface area contributed by atoms with Gasteiger partial charge in [0.2, 0.25) is 0 Å². The summed E-state index contributed by atoms with van der Waals surface area (Å²) >= 11 is 5.69. The number of carbonyl (C=O) groups is 2. The molecule has 0 atom stereocenters. The van der Waals surface area contributed by atoms with E-state index in [1.165, 1.54) is 6.07 Å². The first-order valence-electron chi connectivity index (χ1n) is 6.52. The van der Waals surface area contributed by atoms with Crippen LogP contribution in [0.25, 0.3) is 5.69 Å². The van der Waals surface area contributed by atoms with E-state index < -0.39 is 23.5 Å². The highest BCUT2D eigenvalue weighted by Crippen LogP contribution is 2.31. The standard InChI is InChI=1S/C15H9ClF3N3O3/c1-25-14(24)12-11(21)7(5-20)6-22(12)10-3-2-8(16)4-9(10)13(23)15(17,18)19/h2-4,6H,21H2,1H3. The van der Waals surface area contributed by atoms with Gasteiger partial charge < -0.3 is 15.0 Å². The summed E-state index contributed by atoms with van der Waals surface area (Å²) in [4.78, 5) is 23.7. The predicted octanol–water partition coefficient (Wildman–Crippen LogP) is 3.12. The Morgan fingerprint density at radius 3 is 2.52 bits per heavy atom. The minimum atomic E-state index is -5.17. The zero-order valence-electron chi connectivity index (χ0n) is 12.5. The van der Waals surface area contributed by atoms with Crippen molar-refractivity contribution < 1.29 is 27.5 Å². The van der Waals surface area contributed by atoms with Gasteiger partial charge in [-0.25, -0.2) is 4.79 Å². The molecular weight excluding hydrogens is 363 g/mol. The second-order valence-electron chi connectivity index (χ2n) is 4.77. The number of anilines is 1. The van der Waals surface area contributed by atoms with E-state index in [4.69, 9.17) is 22.6 Å². The average Bonchev–Trinajstić information content (AvgIpc) is 2.88. The fourth-order valence-corrected chi connectivity index (χ4v) is 2.33. The number of alkyl halides is 3. The van der Waals surface area contributed by atoms with Gasteiger partial charge in [0, 0.05) is 11.2 Å². The number of ketones is 1. The van der Waals surface area contributed by atoms with E-state index in [-0.39, 0.29) is 27.7 Å². The van der Waals surface area contributed by atoms with E-state index in [0.717, 1.165) is 30.0 Å². The number of nitriles is 1. The minimum absolute atomic E-state index is 0.114. The Hall–Kier alpha value is -2.99. The van der Waals surface area contributed by atoms with E-state index in [0.29, 0.717) is 0 Å². The average molecular weight is 372 g/mol. The van der Waals surface area contributed by atoms with Crippen LogP contribution in [0.2, 0.25) is 5.02 Å². The van der Waals surface area contributed by atoms with Gasteiger partial charge in [0.15, 0.2) is 5.69 Å². The van der Waals surface area contributed by atoms with E-state index in [2.05, 4.69) is 4.74 Å². The molecule has 0 fully saturated rings. The molecule has 0 saturated carbocycles. The maximum absolute atomic E-state index is 12.9. The molecule has 2 rings (SSSR count). The van der Waals surface area contributed by atoms with Crippen molar-refractivity contribution in [3.63, 3.8) is 0 Å². The number of halogens is 4. The Bertz CT molecular complexity index is 913. The molecule has 130 valence electrons. The topological polar surface area (TPSA) is 98.1 Å². The van der Waals surface area contributed by atoms with Gasteiger partial charge in [-0.3, -0.25) is 4.79 Å². The zero-order valence-corrected chi connectivity index (χ0v) is 13.3. The molecule has 2 N–H and O–H groups in total. The van der Waals surface area contributed by atoms with Gasteiger partial charge in [-0.15, -0.1) is 0 Å². The highest BCUT2D eigenvalue weighted by atomic mass is 35.5. The van der Waals surface area contributed by atoms with Crippen LogP contribution in [0.15, 0.2) is 24.4 Å². The lowest BCUT2D eigenvalue weighted by molar-refractivity contribution is -0.0885. The van der Waals surface area contributed by atoms with Crippen LogP contribution in [0.1, 0.15) is 26.4 Å². The maximum Gasteiger partial charge on any atom is 0.454 e. The summed E-state index contributed by atoms with van der Waals surface area (Å²) in [6.07, 6.45) is -4.13. The minimum Gasteiger partial charge on any atom is -0.464 e. The molecular formula is C15H9ClF3N3O3. The van der Waals surface area contributed by atoms with Crippen molar-refractivity contribution in [1.29, 1.82) is 5.26 Å². The van der Waals surface area contributed by atoms with E-state index in [1.54, 1.807) is 6.07 Å². The number of methoxy groups -OCH3 is 1. The highest BCUT2D eigenvalue weighted by Gasteiger charge is 2.41. The SMILES string of the molecule is COC(=O)c1c(N)c(C#N)cn1-c1ccc(Cl)cc1C(=O)C(F)(F)F. The monoisotopic (exact) mass is 371 g/mol. The van der Waals surface area contributed by atoms with Gasteiger partial charge in [0.25, 0.3) is 5.78 Å². The first-order chi connectivity index (χ1) is 11.6. The molecule has 0 bridgehead atoms. The Kier molecular flexibility index (Phi) is 4.76. The van der Waals surface area contributed by atoms with Gasteiger partial charge in [-0.2, -0.15) is 18.4 Å². The van der Waals surface area contributed by atoms with Crippen LogP contribution in [0.5, 0.6) is 0 Å². The number of hydrogen-bond acceptors (Lipinski definition) is 5. The number of ether oxygens (including phenoxy) is 1. The van der Waals surface area contributed by atoms with Gasteiger partial charge in [-0.1, -0.05) is 11.6 Å². The van der Waals surface area contributed by atoms with Crippen molar-refractivity contribution in [1.82, 2.24) is 4.57 Å². The third-order valence-electron chi connectivity index (χ3n) is 3.26. The van der Waals surface area contributed by atoms with E-state index >= 15 is 0 Å². The lowest BCUT2D eigenvalue weighted by atomic mass is 10.1. The van der Waals surface area contributed by atoms with Crippen LogP contribution in [0, 0.1) is 11.3 Å². The molecule has 0 saturated heterocycles. The Labute approximate surface area is 144 Å². The van der Waals surface area contributed by atoms with Crippen molar-refractivity contribution in [2.45, 2.75) is 6.18 Å². The third-order valence-corrected chi connectivity index (χ3v) is 3.50. The van der Waals surface area contributed by atoms with Crippen molar-refractivity contribution >= 4 is 29.0 Å². The molecule has 2 aromatic rings. The largest absolute Gasteiger partial charge is 0.464 e. The van der Waals surface area contributed by atoms with Crippen LogP contribution >= 0.6 is 11.6 Å². The summed E-state index contributed by atoms with van der Waals surface area (Å²) in [6, 6.07) is 4.86. The molecule has 10 heteroatoms. The first kappa shape index (κ1) is 18.4. The number of nitrogen functional groups attached to an aromatic ring is 1. The second-order valence-corrected chi connectivity index (χ2v) is 5.20. The van der Waals surface area contributed by atoms with Gasteiger partial charge in [0.05, 0.1) is 29.6 Å². The number of nitrogens with zero attached hydrogens (tertiary/aromatic N) is 2. The van der Waals surface area contributed by atoms with Crippen molar-refractivity contribution in [3.05, 3.63) is 46.2 Å². The molecule has 0 aliphatic rings. The summed E-state index contributed by atoms with van der Waals surface area (Å²) < 4.78 is 44.0. The zero-order chi connectivity index (χ0) is 18.9. The molecule has 0 spiro atoms. The number of Topliss-reactive ketones (excluding diaryl/α,β-unsaturated/α-hetero) is 1. The van der Waals surface area contributed by atoms with Crippen molar-refractivity contribution in [2.24, 2.45) is 0 Å². The summed E-state index contributed by atoms with van der Waals surface area (Å²) in [5.41, 5.74) is 3.75. The molecule has 1 heterocycles. The van der Waals surface area contributed by atoms with Gasteiger partial charge >= 0.3 is 12.1 Å². The smallest absolute Gasteiger partial charge is 0.454 e. The molecule has 0 radical (unpaired) electrons. The van der Waals surface area contributed by atoms with Crippen molar-refractivity contribution in [3.8, 4) is 11.8 Å². The number of benzene rings is 1. The van der Waals surface area contributed by atoms with E-state index in [1.807, 2.05) is 0 Å². The quantitative estimate of drug-likeness (QED) is 0.660. The highest BCUT2D eigenvalue weighted by molar-refractivity contribution is 6.31. The number of aromatic nitrogens is 1. The fourth-order valence-electron chi connectivity index (χ4n) is 2.16. The Morgan fingerprint density at radius 2 is 2.00 bits per heavy atom. The van der Waals surface area contributed by atoms with Crippen molar-refractivity contribution in [2.75, 3.05) is 12.8 Å². The lowest BCUT2D eigenvalue weighted by Crippen LogP contribution is -2.24. The molecule has 0 unspecified atom stereocenters. The molecule has 6 nitrogen and oxygen atoms in total. The summed E-state index contributed by atoms with van der Waals surface area (Å²) in [5.74, 6) is -3.15. The number of carbonyl (C=O) groups excluding carboxylic acids is 2. The summed E-state index contributed by atoms with van der Waals surface area (Å²) in [7, 11) is 1.04. The first-order valence-corrected chi connectivity index (χ1v) is 6.90. The van der Waals surface area contributed by atoms with E-state index in [9.17, 15) is 22.8 Å². The second kappa shape index (κ2) is 6.49. The molecule has 25 heavy (non-hydrogen) atoms. The van der Waals surface area contributed by atoms with Gasteiger partial charge in [-0.05, 0) is 18.2 Å². The van der Waals surface area contributed by atoms with Crippen LogP contribution in [-0.4, -0.2) is 29.6 Å². The number of esters is 1. The van der Waals surface area contributed by atoms with Crippen LogP contribution in [0.4, 0.5) is 18.9 Å². The molecule has 0 aliphatic carbocycles. The van der Waals surface area contributed by atoms with Crippen LogP contribution in [-0.2, 0) is 4.74 Å². The molecule has 0 aliphatic heterocycles. The van der Waals surface area contributed by atoms with Crippen LogP contribution in [0.3, 0.4) is 0 Å². The van der Waals surface area contributed by atoms with Gasteiger partial charge in [0.1, 0.15) is 6.07 Å². The third kappa shape index (κ3) is 3.29. The van der Waals surface area contributed by atoms with Crippen LogP contribution < -0.4 is 5.73 Å². The Morgan fingerprint density at radius 1 is 1.36 bits per heavy atom. The summed E-state index contributed by atoms with van der Waals surface area (Å²) in [5, 5.41) is 8.93. The number of rotatable bonds is 3. The maximum atomic E-state index is 12.9. The number of hydrogen-bond donors (Lipinski definition) is 1. The summed E-state index contributed by atoms with van der Waals surface area (Å²) in [6.45, 7) is 0. The predicted molar refractivity (Wildman–Crippen MR) is 81.6 cm³/mol. The fraction of sp³-hybridized carbons (Fsp3) is 0.133. The Balaban J connectivity index is 2.82. The molecule has 1 aromatic carbocycles. The lowest BCUT2D eigenvalue weighted by Gasteiger charge is -2.14. The molecule has 0 amide bonds. The normalized spacial score (nSPS) is 11.0. The molecule has 1 aromatic heterocycles. The number of nitrogens with two attached hydrogens (primary N) is 1.